The predicted molar refractivity (Wildman–Crippen MR) is 81.8 cm³/mol. The van der Waals surface area contributed by atoms with E-state index in [1.165, 1.54) is 16.7 Å². The molecule has 1 N–H and O–H groups in total. The van der Waals surface area contributed by atoms with Crippen LogP contribution in [0.25, 0.3) is 5.69 Å². The Morgan fingerprint density at radius 1 is 1.36 bits per heavy atom. The first-order valence-corrected chi connectivity index (χ1v) is 7.60. The number of benzene rings is 1. The zero-order valence-electron chi connectivity index (χ0n) is 11.2. The van der Waals surface area contributed by atoms with Gasteiger partial charge in [-0.3, -0.25) is 4.57 Å². The molecule has 0 unspecified atom stereocenters. The Bertz CT molecular complexity index is 808. The van der Waals surface area contributed by atoms with Crippen LogP contribution in [-0.4, -0.2) is 15.6 Å². The molecule has 0 bridgehead atoms. The summed E-state index contributed by atoms with van der Waals surface area (Å²) in [5.41, 5.74) is 1.23. The van der Waals surface area contributed by atoms with Crippen molar-refractivity contribution >= 4 is 22.6 Å². The molecular formula is C15H10F3IN2O. The van der Waals surface area contributed by atoms with Gasteiger partial charge in [0.1, 0.15) is 11.9 Å². The number of hydrogen-bond acceptors (Lipinski definition) is 2. The molecule has 7 heteroatoms. The maximum atomic E-state index is 13.6. The fourth-order valence-electron chi connectivity index (χ4n) is 2.73. The smallest absolute Gasteiger partial charge is 0.252 e. The zero-order chi connectivity index (χ0) is 16.1. The van der Waals surface area contributed by atoms with Gasteiger partial charge >= 0.3 is 0 Å². The molecule has 2 aromatic rings. The Hall–Kier alpha value is -1.69. The lowest BCUT2D eigenvalue weighted by Gasteiger charge is -2.23. The molecule has 0 amide bonds. The van der Waals surface area contributed by atoms with E-state index in [0.29, 0.717) is 20.5 Å². The van der Waals surface area contributed by atoms with E-state index >= 15 is 0 Å². The number of aromatic hydroxyl groups is 1. The van der Waals surface area contributed by atoms with Crippen molar-refractivity contribution < 1.29 is 18.3 Å². The van der Waals surface area contributed by atoms with Gasteiger partial charge in [-0.25, -0.2) is 13.2 Å². The van der Waals surface area contributed by atoms with E-state index in [4.69, 9.17) is 5.26 Å². The summed E-state index contributed by atoms with van der Waals surface area (Å²) in [7, 11) is 0. The average molecular weight is 418 g/mol. The second-order valence-corrected chi connectivity index (χ2v) is 6.29. The lowest BCUT2D eigenvalue weighted by Crippen LogP contribution is -2.26. The predicted octanol–water partition coefficient (Wildman–Crippen LogP) is 3.92. The highest BCUT2D eigenvalue weighted by Gasteiger charge is 2.38. The number of fused-ring (bicyclic) bond motifs is 1. The minimum absolute atomic E-state index is 0.109. The summed E-state index contributed by atoms with van der Waals surface area (Å²) in [5.74, 6) is -3.60. The first-order valence-electron chi connectivity index (χ1n) is 6.53. The van der Waals surface area contributed by atoms with E-state index in [-0.39, 0.29) is 24.3 Å². The number of hydrogen-bond donors (Lipinski definition) is 1. The lowest BCUT2D eigenvalue weighted by atomic mass is 9.94. The van der Waals surface area contributed by atoms with Gasteiger partial charge in [0.2, 0.25) is 5.88 Å². The summed E-state index contributed by atoms with van der Waals surface area (Å²) in [5, 5.41) is 19.2. The standard InChI is InChI=1S/C15H10F3IN2O/c16-11-2-1-9(5-8(11)7-20)21-12-3-4-15(17,18)6-10(12)13(19)14(21)22/h1-2,5,22H,3-4,6H2. The van der Waals surface area contributed by atoms with Crippen LogP contribution in [0.3, 0.4) is 0 Å². The molecule has 0 spiro atoms. The third-order valence-corrected chi connectivity index (χ3v) is 4.92. The Balaban J connectivity index is 2.20. The zero-order valence-corrected chi connectivity index (χ0v) is 13.4. The summed E-state index contributed by atoms with van der Waals surface area (Å²) in [6.07, 6.45) is -0.614. The van der Waals surface area contributed by atoms with Crippen LogP contribution in [0.1, 0.15) is 23.2 Å². The summed E-state index contributed by atoms with van der Waals surface area (Å²) < 4.78 is 42.4. The fourth-order valence-corrected chi connectivity index (χ4v) is 3.47. The molecule has 114 valence electrons. The number of nitrogens with zero attached hydrogens (tertiary/aromatic N) is 2. The normalized spacial score (nSPS) is 16.1. The monoisotopic (exact) mass is 418 g/mol. The molecule has 1 aliphatic rings. The Morgan fingerprint density at radius 3 is 2.77 bits per heavy atom. The highest BCUT2D eigenvalue weighted by atomic mass is 127. The number of alkyl halides is 2. The van der Waals surface area contributed by atoms with Gasteiger partial charge < -0.3 is 5.11 Å². The van der Waals surface area contributed by atoms with Gasteiger partial charge in [-0.1, -0.05) is 0 Å². The van der Waals surface area contributed by atoms with E-state index in [9.17, 15) is 18.3 Å². The molecule has 1 aromatic carbocycles. The van der Waals surface area contributed by atoms with Crippen LogP contribution >= 0.6 is 22.6 Å². The number of rotatable bonds is 1. The second-order valence-electron chi connectivity index (χ2n) is 5.21. The van der Waals surface area contributed by atoms with Gasteiger partial charge in [-0.05, 0) is 52.8 Å². The van der Waals surface area contributed by atoms with Crippen molar-refractivity contribution in [1.29, 1.82) is 5.26 Å². The molecule has 0 saturated carbocycles. The van der Waals surface area contributed by atoms with Crippen molar-refractivity contribution in [2.45, 2.75) is 25.2 Å². The van der Waals surface area contributed by atoms with Crippen molar-refractivity contribution in [2.24, 2.45) is 0 Å². The van der Waals surface area contributed by atoms with Crippen LogP contribution in [0, 0.1) is 20.7 Å². The van der Waals surface area contributed by atoms with Crippen LogP contribution in [0.4, 0.5) is 13.2 Å². The molecule has 1 heterocycles. The molecule has 0 atom stereocenters. The molecule has 0 fully saturated rings. The molecule has 0 saturated heterocycles. The molecular weight excluding hydrogens is 408 g/mol. The number of aromatic nitrogens is 1. The Labute approximate surface area is 138 Å². The van der Waals surface area contributed by atoms with Crippen molar-refractivity contribution in [2.75, 3.05) is 0 Å². The minimum atomic E-state index is -2.79. The second kappa shape index (κ2) is 5.19. The fraction of sp³-hybridized carbons (Fsp3) is 0.267. The van der Waals surface area contributed by atoms with Gasteiger partial charge in [0.25, 0.3) is 5.92 Å². The van der Waals surface area contributed by atoms with Crippen molar-refractivity contribution in [3.05, 3.63) is 44.4 Å². The van der Waals surface area contributed by atoms with Gasteiger partial charge in [0.05, 0.1) is 14.8 Å². The van der Waals surface area contributed by atoms with E-state index in [1.54, 1.807) is 6.07 Å². The van der Waals surface area contributed by atoms with Crippen molar-refractivity contribution in [1.82, 2.24) is 4.57 Å². The van der Waals surface area contributed by atoms with E-state index in [0.717, 1.165) is 6.07 Å². The van der Waals surface area contributed by atoms with Gasteiger partial charge in [0, 0.05) is 18.5 Å². The van der Waals surface area contributed by atoms with E-state index in [1.807, 2.05) is 22.6 Å². The van der Waals surface area contributed by atoms with Crippen LogP contribution in [0.2, 0.25) is 0 Å². The highest BCUT2D eigenvalue weighted by Crippen LogP contribution is 2.42. The summed E-state index contributed by atoms with van der Waals surface area (Å²) in [6.45, 7) is 0. The first-order chi connectivity index (χ1) is 10.3. The Kier molecular flexibility index (Phi) is 3.59. The lowest BCUT2D eigenvalue weighted by molar-refractivity contribution is -0.0128. The van der Waals surface area contributed by atoms with Crippen LogP contribution < -0.4 is 0 Å². The third kappa shape index (κ3) is 2.35. The summed E-state index contributed by atoms with van der Waals surface area (Å²) >= 11 is 1.83. The SMILES string of the molecule is N#Cc1cc(-n2c(O)c(I)c3c2CCC(F)(F)C3)ccc1F. The van der Waals surface area contributed by atoms with Crippen LogP contribution in [-0.2, 0) is 12.8 Å². The van der Waals surface area contributed by atoms with Crippen LogP contribution in [0.15, 0.2) is 18.2 Å². The summed E-state index contributed by atoms with van der Waals surface area (Å²) in [4.78, 5) is 0. The molecule has 0 aliphatic heterocycles. The minimum Gasteiger partial charge on any atom is -0.493 e. The van der Waals surface area contributed by atoms with Gasteiger partial charge in [0.15, 0.2) is 0 Å². The van der Waals surface area contributed by atoms with Gasteiger partial charge in [-0.15, -0.1) is 0 Å². The van der Waals surface area contributed by atoms with E-state index in [2.05, 4.69) is 0 Å². The first kappa shape index (κ1) is 15.2. The highest BCUT2D eigenvalue weighted by molar-refractivity contribution is 14.1. The van der Waals surface area contributed by atoms with Crippen molar-refractivity contribution in [3.63, 3.8) is 0 Å². The largest absolute Gasteiger partial charge is 0.493 e. The molecule has 3 nitrogen and oxygen atoms in total. The van der Waals surface area contributed by atoms with Crippen LogP contribution in [0.5, 0.6) is 5.88 Å². The maximum absolute atomic E-state index is 13.6. The quantitative estimate of drug-likeness (QED) is 0.714. The Morgan fingerprint density at radius 2 is 2.09 bits per heavy atom. The topological polar surface area (TPSA) is 49.0 Å². The third-order valence-electron chi connectivity index (χ3n) is 3.78. The van der Waals surface area contributed by atoms with Crippen molar-refractivity contribution in [3.8, 4) is 17.6 Å². The maximum Gasteiger partial charge on any atom is 0.252 e. The number of nitriles is 1. The number of halogens is 4. The van der Waals surface area contributed by atoms with Gasteiger partial charge in [-0.2, -0.15) is 5.26 Å². The molecule has 3 rings (SSSR count). The molecule has 0 radical (unpaired) electrons. The molecule has 1 aliphatic carbocycles. The molecule has 1 aromatic heterocycles. The molecule has 22 heavy (non-hydrogen) atoms. The summed E-state index contributed by atoms with van der Waals surface area (Å²) in [6, 6.07) is 5.58. The van der Waals surface area contributed by atoms with E-state index < -0.39 is 18.2 Å². The average Bonchev–Trinajstić information content (AvgIpc) is 2.71.